The standard InChI is InChI=1S/C21H37N3O.2ClH/c25-20-2-1-14-24(20)17-7-18-5-15-23(16-6-18)19-3-8-21(9-4-19)10-12-22-13-11-21;;/h18-19,22H,1-17H2;2*1H. The number of hydrogen-bond acceptors (Lipinski definition) is 3. The Kier molecular flexibility index (Phi) is 9.18. The number of piperidine rings is 2. The van der Waals surface area contributed by atoms with Gasteiger partial charge in [-0.3, -0.25) is 4.79 Å². The first-order chi connectivity index (χ1) is 12.2. The van der Waals surface area contributed by atoms with E-state index in [1.807, 2.05) is 0 Å². The highest BCUT2D eigenvalue weighted by Crippen LogP contribution is 2.44. The largest absolute Gasteiger partial charge is 0.343 e. The topological polar surface area (TPSA) is 35.6 Å². The molecule has 0 aromatic rings. The number of halogens is 2. The Morgan fingerprint density at radius 2 is 1.59 bits per heavy atom. The molecule has 1 spiro atoms. The molecule has 1 amide bonds. The number of carbonyl (C=O) groups is 1. The molecular formula is C21H39Cl2N3O. The molecule has 1 saturated carbocycles. The minimum atomic E-state index is 0. The van der Waals surface area contributed by atoms with E-state index >= 15 is 0 Å². The van der Waals surface area contributed by atoms with Crippen LogP contribution in [0.15, 0.2) is 0 Å². The monoisotopic (exact) mass is 419 g/mol. The molecule has 0 radical (unpaired) electrons. The fourth-order valence-corrected chi connectivity index (χ4v) is 5.92. The van der Waals surface area contributed by atoms with E-state index in [1.165, 1.54) is 84.0 Å². The third-order valence-electron chi connectivity index (χ3n) is 7.82. The Labute approximate surface area is 178 Å². The second-order valence-corrected chi connectivity index (χ2v) is 9.23. The van der Waals surface area contributed by atoms with E-state index in [1.54, 1.807) is 0 Å². The average Bonchev–Trinajstić information content (AvgIpc) is 3.07. The molecular weight excluding hydrogens is 381 g/mol. The minimum Gasteiger partial charge on any atom is -0.343 e. The molecule has 3 saturated heterocycles. The number of carbonyl (C=O) groups excluding carboxylic acids is 1. The molecule has 0 aromatic heterocycles. The van der Waals surface area contributed by atoms with Crippen LogP contribution in [-0.2, 0) is 4.79 Å². The Morgan fingerprint density at radius 1 is 0.926 bits per heavy atom. The van der Waals surface area contributed by atoms with Crippen molar-refractivity contribution in [3.63, 3.8) is 0 Å². The van der Waals surface area contributed by atoms with Crippen molar-refractivity contribution in [1.82, 2.24) is 15.1 Å². The van der Waals surface area contributed by atoms with E-state index in [0.29, 0.717) is 11.3 Å². The first-order valence-electron chi connectivity index (χ1n) is 11.0. The SMILES string of the molecule is Cl.Cl.O=C1CCCN1CCC1CCN(C2CCC3(CCNCC3)CC2)CC1. The number of nitrogens with one attached hydrogen (secondary N) is 1. The van der Waals surface area contributed by atoms with Gasteiger partial charge in [-0.05, 0) is 102 Å². The maximum atomic E-state index is 11.7. The molecule has 0 bridgehead atoms. The van der Waals surface area contributed by atoms with Crippen molar-refractivity contribution in [3.05, 3.63) is 0 Å². The fourth-order valence-electron chi connectivity index (χ4n) is 5.92. The zero-order chi connectivity index (χ0) is 17.1. The van der Waals surface area contributed by atoms with Gasteiger partial charge in [-0.25, -0.2) is 0 Å². The van der Waals surface area contributed by atoms with Gasteiger partial charge < -0.3 is 15.1 Å². The predicted molar refractivity (Wildman–Crippen MR) is 116 cm³/mol. The summed E-state index contributed by atoms with van der Waals surface area (Å²) in [6, 6.07) is 0.863. The van der Waals surface area contributed by atoms with Crippen molar-refractivity contribution in [2.45, 2.75) is 76.7 Å². The summed E-state index contributed by atoms with van der Waals surface area (Å²) in [7, 11) is 0. The van der Waals surface area contributed by atoms with Crippen molar-refractivity contribution in [3.8, 4) is 0 Å². The van der Waals surface area contributed by atoms with Gasteiger partial charge in [0.1, 0.15) is 0 Å². The van der Waals surface area contributed by atoms with Crippen molar-refractivity contribution in [1.29, 1.82) is 0 Å². The molecule has 27 heavy (non-hydrogen) atoms. The van der Waals surface area contributed by atoms with Crippen LogP contribution in [0.2, 0.25) is 0 Å². The van der Waals surface area contributed by atoms with Crippen LogP contribution in [0.3, 0.4) is 0 Å². The van der Waals surface area contributed by atoms with E-state index in [9.17, 15) is 4.79 Å². The average molecular weight is 420 g/mol. The van der Waals surface area contributed by atoms with Crippen molar-refractivity contribution in [2.24, 2.45) is 11.3 Å². The van der Waals surface area contributed by atoms with Gasteiger partial charge in [0.15, 0.2) is 0 Å². The minimum absolute atomic E-state index is 0. The third-order valence-corrected chi connectivity index (χ3v) is 7.82. The lowest BCUT2D eigenvalue weighted by Crippen LogP contribution is -2.47. The molecule has 158 valence electrons. The number of hydrogen-bond donors (Lipinski definition) is 1. The van der Waals surface area contributed by atoms with Crippen molar-refractivity contribution >= 4 is 30.7 Å². The third kappa shape index (κ3) is 5.74. The van der Waals surface area contributed by atoms with Crippen LogP contribution in [0, 0.1) is 11.3 Å². The number of rotatable bonds is 4. The molecule has 3 aliphatic heterocycles. The highest BCUT2D eigenvalue weighted by atomic mass is 35.5. The second kappa shape index (κ2) is 10.7. The Morgan fingerprint density at radius 3 is 2.19 bits per heavy atom. The number of likely N-dealkylation sites (tertiary alicyclic amines) is 2. The maximum absolute atomic E-state index is 11.7. The van der Waals surface area contributed by atoms with Crippen LogP contribution in [0.5, 0.6) is 0 Å². The second-order valence-electron chi connectivity index (χ2n) is 9.23. The first kappa shape index (κ1) is 23.3. The summed E-state index contributed by atoms with van der Waals surface area (Å²) < 4.78 is 0. The van der Waals surface area contributed by atoms with Gasteiger partial charge in [0.2, 0.25) is 5.91 Å². The van der Waals surface area contributed by atoms with Crippen molar-refractivity contribution < 1.29 is 4.79 Å². The molecule has 0 unspecified atom stereocenters. The van der Waals surface area contributed by atoms with Crippen LogP contribution < -0.4 is 5.32 Å². The Hall–Kier alpha value is -0.0300. The molecule has 4 fully saturated rings. The molecule has 6 heteroatoms. The molecule has 0 aromatic carbocycles. The molecule has 1 aliphatic carbocycles. The molecule has 1 N–H and O–H groups in total. The number of amides is 1. The van der Waals surface area contributed by atoms with Crippen LogP contribution >= 0.6 is 24.8 Å². The van der Waals surface area contributed by atoms with Gasteiger partial charge in [0, 0.05) is 25.6 Å². The van der Waals surface area contributed by atoms with Gasteiger partial charge in [0.05, 0.1) is 0 Å². The smallest absolute Gasteiger partial charge is 0.222 e. The highest BCUT2D eigenvalue weighted by Gasteiger charge is 2.38. The molecule has 4 nitrogen and oxygen atoms in total. The van der Waals surface area contributed by atoms with Crippen LogP contribution in [0.4, 0.5) is 0 Å². The summed E-state index contributed by atoms with van der Waals surface area (Å²) >= 11 is 0. The summed E-state index contributed by atoms with van der Waals surface area (Å²) in [4.78, 5) is 16.7. The van der Waals surface area contributed by atoms with Crippen LogP contribution in [0.1, 0.15) is 70.6 Å². The van der Waals surface area contributed by atoms with E-state index in [2.05, 4.69) is 15.1 Å². The van der Waals surface area contributed by atoms with Gasteiger partial charge >= 0.3 is 0 Å². The summed E-state index contributed by atoms with van der Waals surface area (Å²) in [5.74, 6) is 1.25. The summed E-state index contributed by atoms with van der Waals surface area (Å²) in [5.41, 5.74) is 0.697. The van der Waals surface area contributed by atoms with Crippen LogP contribution in [-0.4, -0.2) is 61.0 Å². The lowest BCUT2D eigenvalue weighted by atomic mass is 9.67. The predicted octanol–water partition coefficient (Wildman–Crippen LogP) is 3.87. The molecule has 0 atom stereocenters. The van der Waals surface area contributed by atoms with Gasteiger partial charge in [-0.1, -0.05) is 0 Å². The summed E-state index contributed by atoms with van der Waals surface area (Å²) in [6.45, 7) is 7.13. The van der Waals surface area contributed by atoms with E-state index < -0.39 is 0 Å². The van der Waals surface area contributed by atoms with Gasteiger partial charge in [-0.15, -0.1) is 24.8 Å². The lowest BCUT2D eigenvalue weighted by Gasteiger charge is -2.47. The number of nitrogens with zero attached hydrogens (tertiary/aromatic N) is 2. The summed E-state index contributed by atoms with van der Waals surface area (Å²) in [5, 5.41) is 3.54. The van der Waals surface area contributed by atoms with Gasteiger partial charge in [0.25, 0.3) is 0 Å². The zero-order valence-electron chi connectivity index (χ0n) is 16.8. The van der Waals surface area contributed by atoms with E-state index in [0.717, 1.165) is 37.9 Å². The maximum Gasteiger partial charge on any atom is 0.222 e. The fraction of sp³-hybridized carbons (Fsp3) is 0.952. The summed E-state index contributed by atoms with van der Waals surface area (Å²) in [6.07, 6.45) is 14.5. The normalized spacial score (nSPS) is 27.4. The van der Waals surface area contributed by atoms with Crippen molar-refractivity contribution in [2.75, 3.05) is 39.3 Å². The molecule has 4 rings (SSSR count). The quantitative estimate of drug-likeness (QED) is 0.750. The molecule has 3 heterocycles. The van der Waals surface area contributed by atoms with Gasteiger partial charge in [-0.2, -0.15) is 0 Å². The Bertz CT molecular complexity index is 452. The van der Waals surface area contributed by atoms with Crippen LogP contribution in [0.25, 0.3) is 0 Å². The lowest BCUT2D eigenvalue weighted by molar-refractivity contribution is -0.127. The molecule has 4 aliphatic rings. The zero-order valence-corrected chi connectivity index (χ0v) is 18.4. The highest BCUT2D eigenvalue weighted by molar-refractivity contribution is 5.85. The first-order valence-corrected chi connectivity index (χ1v) is 11.0. The van der Waals surface area contributed by atoms with E-state index in [-0.39, 0.29) is 24.8 Å². The Balaban J connectivity index is 0.00000131. The van der Waals surface area contributed by atoms with E-state index in [4.69, 9.17) is 0 Å².